The lowest BCUT2D eigenvalue weighted by atomic mass is 9.92. The first-order valence-electron chi connectivity index (χ1n) is 14.4. The number of pyridine rings is 1. The number of amides is 1. The maximum absolute atomic E-state index is 15.3. The molecule has 10 nitrogen and oxygen atoms in total. The third kappa shape index (κ3) is 4.97. The van der Waals surface area contributed by atoms with Gasteiger partial charge >= 0.3 is 6.16 Å². The van der Waals surface area contributed by atoms with E-state index in [1.807, 2.05) is 31.2 Å². The fourth-order valence-corrected chi connectivity index (χ4v) is 7.01. The average molecular weight is 626 g/mol. The van der Waals surface area contributed by atoms with Gasteiger partial charge in [0.1, 0.15) is 6.17 Å². The molecule has 0 bridgehead atoms. The first kappa shape index (κ1) is 28.7. The van der Waals surface area contributed by atoms with Crippen LogP contribution in [0.15, 0.2) is 46.1 Å². The van der Waals surface area contributed by atoms with Gasteiger partial charge in [-0.15, -0.1) is 11.8 Å². The van der Waals surface area contributed by atoms with Crippen molar-refractivity contribution in [1.29, 1.82) is 0 Å². The van der Waals surface area contributed by atoms with E-state index in [1.165, 1.54) is 22.5 Å². The molecule has 44 heavy (non-hydrogen) atoms. The van der Waals surface area contributed by atoms with Gasteiger partial charge in [0.2, 0.25) is 18.0 Å². The monoisotopic (exact) mass is 625 g/mol. The first-order valence-corrected chi connectivity index (χ1v) is 15.4. The predicted octanol–water partition coefficient (Wildman–Crippen LogP) is 4.78. The number of aromatic nitrogens is 1. The minimum absolute atomic E-state index is 0.145. The Kier molecular flexibility index (Phi) is 7.24. The minimum Gasteiger partial charge on any atom is -0.451 e. The summed E-state index contributed by atoms with van der Waals surface area (Å²) in [4.78, 5) is 42.2. The summed E-state index contributed by atoms with van der Waals surface area (Å²) in [5.74, 6) is -2.67. The molecule has 13 heteroatoms. The zero-order valence-corrected chi connectivity index (χ0v) is 24.6. The maximum atomic E-state index is 15.3. The topological polar surface area (TPSA) is 108 Å². The maximum Gasteiger partial charge on any atom is 0.511 e. The van der Waals surface area contributed by atoms with Crippen molar-refractivity contribution in [3.05, 3.63) is 80.6 Å². The fourth-order valence-electron chi connectivity index (χ4n) is 5.91. The zero-order chi connectivity index (χ0) is 30.6. The third-order valence-electron chi connectivity index (χ3n) is 8.33. The second-order valence-electron chi connectivity index (χ2n) is 11.2. The number of hydrogen-bond acceptors (Lipinski definition) is 9. The number of nitrogens with one attached hydrogen (secondary N) is 1. The van der Waals surface area contributed by atoms with E-state index in [9.17, 15) is 14.4 Å². The average Bonchev–Trinajstić information content (AvgIpc) is 3.81. The molecule has 2 aromatic carbocycles. The summed E-state index contributed by atoms with van der Waals surface area (Å²) in [5.41, 5.74) is 4.08. The Hall–Kier alpha value is -4.10. The van der Waals surface area contributed by atoms with E-state index >= 15 is 8.78 Å². The van der Waals surface area contributed by atoms with Crippen LogP contribution in [0.1, 0.15) is 53.4 Å². The van der Waals surface area contributed by atoms with Crippen LogP contribution >= 0.6 is 11.8 Å². The zero-order valence-electron chi connectivity index (χ0n) is 23.8. The van der Waals surface area contributed by atoms with Crippen LogP contribution in [0.4, 0.5) is 13.6 Å². The van der Waals surface area contributed by atoms with Crippen LogP contribution in [0.5, 0.6) is 5.75 Å². The van der Waals surface area contributed by atoms with Gasteiger partial charge in [-0.1, -0.05) is 25.1 Å². The van der Waals surface area contributed by atoms with E-state index in [0.717, 1.165) is 29.4 Å². The van der Waals surface area contributed by atoms with Gasteiger partial charge in [0.25, 0.3) is 5.91 Å². The fraction of sp³-hybridized carbons (Fsp3) is 0.387. The summed E-state index contributed by atoms with van der Waals surface area (Å²) >= 11 is 1.41. The molecule has 230 valence electrons. The van der Waals surface area contributed by atoms with Gasteiger partial charge in [0.05, 0.1) is 31.1 Å². The number of carbonyl (C=O) groups excluding carboxylic acids is 2. The van der Waals surface area contributed by atoms with E-state index in [-0.39, 0.29) is 53.7 Å². The number of ether oxygens (including phenoxy) is 4. The highest BCUT2D eigenvalue weighted by Crippen LogP contribution is 2.45. The lowest BCUT2D eigenvalue weighted by molar-refractivity contribution is -0.0666. The van der Waals surface area contributed by atoms with Gasteiger partial charge in [0, 0.05) is 27.8 Å². The molecule has 0 radical (unpaired) electrons. The highest BCUT2D eigenvalue weighted by atomic mass is 32.2. The van der Waals surface area contributed by atoms with Gasteiger partial charge in [-0.05, 0) is 48.9 Å². The van der Waals surface area contributed by atoms with E-state index in [2.05, 4.69) is 5.43 Å². The highest BCUT2D eigenvalue weighted by molar-refractivity contribution is 7.98. The lowest BCUT2D eigenvalue weighted by Crippen LogP contribution is -2.62. The van der Waals surface area contributed by atoms with E-state index < -0.39 is 47.7 Å². The predicted molar refractivity (Wildman–Crippen MR) is 155 cm³/mol. The Bertz CT molecular complexity index is 1740. The number of rotatable bonds is 6. The molecule has 1 saturated carbocycles. The summed E-state index contributed by atoms with van der Waals surface area (Å²) in [6.45, 7) is 1.80. The van der Waals surface area contributed by atoms with Gasteiger partial charge in [0.15, 0.2) is 17.3 Å². The standard InChI is InChI=1S/C31H29F2N3O7S/c1-2-9-40-30(39)42-16-41-28-23(37)12-22(36-27(28)29(38)35-15-31(7-8-31)43-13-25(35)34-36)19-11-21(32)26(33)20-14-44-24-6-4-3-5-17(24)10-18(19)20/h3-6,11-12,25,34H,2,7-10,13-16H2,1H3/t25-/m0/s1. The molecule has 0 unspecified atom stereocenters. The largest absolute Gasteiger partial charge is 0.511 e. The van der Waals surface area contributed by atoms with E-state index in [4.69, 9.17) is 18.9 Å². The summed E-state index contributed by atoms with van der Waals surface area (Å²) in [5, 5.41) is 0. The van der Waals surface area contributed by atoms with Crippen LogP contribution in [0.2, 0.25) is 0 Å². The number of thioether (sulfide) groups is 1. The SMILES string of the molecule is CCCOC(=O)OCOc1c2n(c(-c3cc(F)c(F)c4c3Cc3ccccc3SC4)cc1=O)N[C@@H]1COC3(CC3)CN1C2=O. The highest BCUT2D eigenvalue weighted by Gasteiger charge is 2.53. The molecule has 7 rings (SSSR count). The Morgan fingerprint density at radius 3 is 2.77 bits per heavy atom. The number of carbonyl (C=O) groups is 2. The molecule has 1 atom stereocenters. The normalized spacial score (nSPS) is 19.1. The summed E-state index contributed by atoms with van der Waals surface area (Å²) < 4.78 is 53.4. The van der Waals surface area contributed by atoms with Crippen molar-refractivity contribution in [3.63, 3.8) is 0 Å². The van der Waals surface area contributed by atoms with Crippen LogP contribution in [-0.2, 0) is 26.4 Å². The second kappa shape index (κ2) is 11.1. The number of halogens is 2. The van der Waals surface area contributed by atoms with Crippen molar-refractivity contribution in [1.82, 2.24) is 9.58 Å². The Morgan fingerprint density at radius 1 is 1.16 bits per heavy atom. The number of nitrogens with zero attached hydrogens (tertiary/aromatic N) is 2. The number of hydrogen-bond donors (Lipinski definition) is 1. The third-order valence-corrected chi connectivity index (χ3v) is 9.47. The molecule has 4 heterocycles. The smallest absolute Gasteiger partial charge is 0.451 e. The Morgan fingerprint density at radius 2 is 1.98 bits per heavy atom. The van der Waals surface area contributed by atoms with Crippen LogP contribution in [-0.4, -0.2) is 60.0 Å². The van der Waals surface area contributed by atoms with E-state index in [1.54, 1.807) is 4.90 Å². The number of morpholine rings is 1. The van der Waals surface area contributed by atoms with Crippen molar-refractivity contribution >= 4 is 23.8 Å². The van der Waals surface area contributed by atoms with Crippen LogP contribution in [0.3, 0.4) is 0 Å². The number of benzene rings is 2. The molecule has 1 amide bonds. The Balaban J connectivity index is 1.35. The van der Waals surface area contributed by atoms with Gasteiger partial charge in [-0.2, -0.15) is 0 Å². The van der Waals surface area contributed by atoms with Crippen molar-refractivity contribution in [2.24, 2.45) is 0 Å². The first-order chi connectivity index (χ1) is 21.3. The molecular formula is C31H29F2N3O7S. The molecule has 1 spiro atoms. The molecule has 3 aliphatic heterocycles. The Labute approximate surface area is 255 Å². The van der Waals surface area contributed by atoms with E-state index in [0.29, 0.717) is 18.5 Å². The molecule has 1 aliphatic carbocycles. The molecule has 1 N–H and O–H groups in total. The van der Waals surface area contributed by atoms with Gasteiger partial charge in [-0.3, -0.25) is 9.59 Å². The molecule has 3 aromatic rings. The molecular weight excluding hydrogens is 596 g/mol. The summed E-state index contributed by atoms with van der Waals surface area (Å²) in [6.07, 6.45) is 0.938. The summed E-state index contributed by atoms with van der Waals surface area (Å²) in [7, 11) is 0. The molecule has 1 aromatic heterocycles. The lowest BCUT2D eigenvalue weighted by Gasteiger charge is -2.45. The molecule has 1 saturated heterocycles. The molecule has 4 aliphatic rings. The van der Waals surface area contributed by atoms with Crippen LogP contribution in [0, 0.1) is 11.6 Å². The van der Waals surface area contributed by atoms with Crippen LogP contribution < -0.4 is 15.6 Å². The van der Waals surface area contributed by atoms with Crippen molar-refractivity contribution < 1.29 is 37.3 Å². The van der Waals surface area contributed by atoms with Crippen LogP contribution in [0.25, 0.3) is 11.3 Å². The second-order valence-corrected chi connectivity index (χ2v) is 12.3. The van der Waals surface area contributed by atoms with Crippen molar-refractivity contribution in [3.8, 4) is 17.0 Å². The van der Waals surface area contributed by atoms with Gasteiger partial charge < -0.3 is 29.3 Å². The molecule has 2 fully saturated rings. The van der Waals surface area contributed by atoms with Crippen molar-refractivity contribution in [2.75, 3.05) is 32.0 Å². The quantitative estimate of drug-likeness (QED) is 0.306. The minimum atomic E-state index is -1.06. The number of fused-ring (bicyclic) bond motifs is 4. The van der Waals surface area contributed by atoms with Gasteiger partial charge in [-0.25, -0.2) is 18.3 Å². The summed E-state index contributed by atoms with van der Waals surface area (Å²) in [6, 6.07) is 9.92. The van der Waals surface area contributed by atoms with Crippen molar-refractivity contribution in [2.45, 2.75) is 55.0 Å².